The first-order valence-electron chi connectivity index (χ1n) is 5.28. The highest BCUT2D eigenvalue weighted by molar-refractivity contribution is 7.90. The Labute approximate surface area is 101 Å². The Morgan fingerprint density at radius 1 is 1.06 bits per heavy atom. The second kappa shape index (κ2) is 4.00. The quantitative estimate of drug-likeness (QED) is 0.819. The molecule has 0 saturated carbocycles. The Hall–Kier alpha value is -1.62. The van der Waals surface area contributed by atoms with Crippen LogP contribution < -0.4 is 0 Å². The summed E-state index contributed by atoms with van der Waals surface area (Å²) < 4.78 is 26.1. The molecule has 0 aliphatic rings. The Kier molecular flexibility index (Phi) is 2.79. The van der Waals surface area contributed by atoms with Crippen molar-refractivity contribution in [3.8, 4) is 0 Å². The smallest absolute Gasteiger partial charge is 0.238 e. The van der Waals surface area contributed by atoms with Crippen LogP contribution in [0, 0.1) is 20.8 Å². The van der Waals surface area contributed by atoms with E-state index in [1.165, 1.54) is 3.97 Å². The van der Waals surface area contributed by atoms with Crippen molar-refractivity contribution in [3.63, 3.8) is 0 Å². The summed E-state index contributed by atoms with van der Waals surface area (Å²) in [5.41, 5.74) is 1.40. The van der Waals surface area contributed by atoms with Crippen molar-refractivity contribution in [1.82, 2.24) is 8.96 Å². The molecule has 0 aliphatic carbocycles. The van der Waals surface area contributed by atoms with Crippen molar-refractivity contribution in [2.24, 2.45) is 0 Å². The van der Waals surface area contributed by atoms with Crippen LogP contribution in [0.1, 0.15) is 17.2 Å². The summed E-state index contributed by atoms with van der Waals surface area (Å²) in [6, 6.07) is 8.38. The molecule has 2 rings (SSSR count). The topological polar surface area (TPSA) is 52.0 Å². The summed E-state index contributed by atoms with van der Waals surface area (Å²) >= 11 is 0. The molecule has 17 heavy (non-hydrogen) atoms. The fraction of sp³-hybridized carbons (Fsp3) is 0.250. The van der Waals surface area contributed by atoms with Crippen molar-refractivity contribution in [2.75, 3.05) is 0 Å². The van der Waals surface area contributed by atoms with Gasteiger partial charge in [-0.3, -0.25) is 0 Å². The second-order valence-corrected chi connectivity index (χ2v) is 5.70. The lowest BCUT2D eigenvalue weighted by molar-refractivity contribution is 0.584. The third-order valence-corrected chi connectivity index (χ3v) is 4.62. The highest BCUT2D eigenvalue weighted by Crippen LogP contribution is 2.19. The minimum absolute atomic E-state index is 0.281. The molecule has 5 heteroatoms. The lowest BCUT2D eigenvalue weighted by atomic mass is 10.4. The molecule has 0 unspecified atom stereocenters. The molecule has 2 aromatic rings. The molecule has 0 N–H and O–H groups in total. The molecule has 4 nitrogen and oxygen atoms in total. The summed E-state index contributed by atoms with van der Waals surface area (Å²) in [5.74, 6) is 0.490. The van der Waals surface area contributed by atoms with Crippen LogP contribution in [0.15, 0.2) is 35.2 Å². The van der Waals surface area contributed by atoms with Gasteiger partial charge >= 0.3 is 0 Å². The Morgan fingerprint density at radius 2 is 1.65 bits per heavy atom. The Morgan fingerprint density at radius 3 is 2.12 bits per heavy atom. The summed E-state index contributed by atoms with van der Waals surface area (Å²) in [5, 5.41) is 0. The van der Waals surface area contributed by atoms with E-state index in [4.69, 9.17) is 0 Å². The Balaban J connectivity index is 2.69. The highest BCUT2D eigenvalue weighted by Gasteiger charge is 2.22. The minimum atomic E-state index is -3.53. The van der Waals surface area contributed by atoms with Gasteiger partial charge in [0.1, 0.15) is 5.82 Å². The molecule has 0 atom stereocenters. The number of hydrogen-bond donors (Lipinski definition) is 0. The number of nitrogens with zero attached hydrogens (tertiary/aromatic N) is 2. The van der Waals surface area contributed by atoms with E-state index >= 15 is 0 Å². The molecule has 1 aromatic heterocycles. The van der Waals surface area contributed by atoms with E-state index in [0.29, 0.717) is 11.5 Å². The molecule has 1 heterocycles. The molecule has 0 saturated heterocycles. The van der Waals surface area contributed by atoms with Crippen molar-refractivity contribution in [1.29, 1.82) is 0 Å². The average Bonchev–Trinajstić information content (AvgIpc) is 2.54. The summed E-state index contributed by atoms with van der Waals surface area (Å²) in [6.45, 7) is 5.26. The van der Waals surface area contributed by atoms with Gasteiger partial charge in [0.2, 0.25) is 0 Å². The molecule has 0 amide bonds. The van der Waals surface area contributed by atoms with Crippen LogP contribution >= 0.6 is 0 Å². The van der Waals surface area contributed by atoms with Crippen LogP contribution in [0.4, 0.5) is 0 Å². The van der Waals surface area contributed by atoms with Crippen molar-refractivity contribution in [3.05, 3.63) is 47.5 Å². The van der Waals surface area contributed by atoms with Gasteiger partial charge in [0.15, 0.2) is 0 Å². The van der Waals surface area contributed by atoms with E-state index in [1.807, 2.05) is 0 Å². The lowest BCUT2D eigenvalue weighted by Gasteiger charge is -2.09. The zero-order valence-electron chi connectivity index (χ0n) is 10.0. The van der Waals surface area contributed by atoms with E-state index in [-0.39, 0.29) is 4.90 Å². The zero-order valence-corrected chi connectivity index (χ0v) is 10.8. The van der Waals surface area contributed by atoms with Gasteiger partial charge in [0.05, 0.1) is 16.3 Å². The summed E-state index contributed by atoms with van der Waals surface area (Å²) in [7, 11) is -3.53. The van der Waals surface area contributed by atoms with Crippen molar-refractivity contribution < 1.29 is 8.42 Å². The molecular formula is C12H14N2O2S. The predicted octanol–water partition coefficient (Wildman–Crippen LogP) is 2.05. The lowest BCUT2D eigenvalue weighted by Crippen LogP contribution is -2.16. The van der Waals surface area contributed by atoms with Gasteiger partial charge in [-0.05, 0) is 32.9 Å². The van der Waals surface area contributed by atoms with Gasteiger partial charge in [-0.2, -0.15) is 0 Å². The maximum Gasteiger partial charge on any atom is 0.269 e. The maximum atomic E-state index is 12.4. The van der Waals surface area contributed by atoms with Crippen LogP contribution in [0.25, 0.3) is 0 Å². The fourth-order valence-electron chi connectivity index (χ4n) is 1.81. The van der Waals surface area contributed by atoms with Crippen molar-refractivity contribution >= 4 is 10.0 Å². The fourth-order valence-corrected chi connectivity index (χ4v) is 3.40. The first kappa shape index (κ1) is 11.9. The normalized spacial score (nSPS) is 11.7. The first-order chi connectivity index (χ1) is 7.94. The SMILES string of the molecule is Cc1nc(C)n(S(=O)(=O)c2ccccc2)c1C. The standard InChI is InChI=1S/C12H14N2O2S/c1-9-10(2)14(11(3)13-9)17(15,16)12-7-5-4-6-8-12/h4-8H,1-3H3. The van der Waals surface area contributed by atoms with Crippen LogP contribution in [0.5, 0.6) is 0 Å². The van der Waals surface area contributed by atoms with E-state index in [1.54, 1.807) is 51.1 Å². The zero-order chi connectivity index (χ0) is 12.6. The van der Waals surface area contributed by atoms with Crippen LogP contribution in [-0.4, -0.2) is 17.4 Å². The predicted molar refractivity (Wildman–Crippen MR) is 65.5 cm³/mol. The van der Waals surface area contributed by atoms with Gasteiger partial charge < -0.3 is 0 Å². The third-order valence-electron chi connectivity index (χ3n) is 2.73. The first-order valence-corrected chi connectivity index (χ1v) is 6.72. The number of imidazole rings is 1. The van der Waals surface area contributed by atoms with E-state index in [9.17, 15) is 8.42 Å². The number of hydrogen-bond acceptors (Lipinski definition) is 3. The number of benzene rings is 1. The van der Waals surface area contributed by atoms with Gasteiger partial charge in [-0.15, -0.1) is 0 Å². The maximum absolute atomic E-state index is 12.4. The number of aryl methyl sites for hydroxylation is 2. The van der Waals surface area contributed by atoms with Crippen molar-refractivity contribution in [2.45, 2.75) is 25.7 Å². The van der Waals surface area contributed by atoms with Gasteiger partial charge in [-0.25, -0.2) is 17.4 Å². The number of rotatable bonds is 2. The summed E-state index contributed by atoms with van der Waals surface area (Å²) in [4.78, 5) is 4.47. The molecule has 90 valence electrons. The molecule has 0 spiro atoms. The van der Waals surface area contributed by atoms with E-state index < -0.39 is 10.0 Å². The minimum Gasteiger partial charge on any atom is -0.238 e. The highest BCUT2D eigenvalue weighted by atomic mass is 32.2. The van der Waals surface area contributed by atoms with Gasteiger partial charge in [0, 0.05) is 0 Å². The molecule has 1 aromatic carbocycles. The van der Waals surface area contributed by atoms with E-state index in [2.05, 4.69) is 4.98 Å². The van der Waals surface area contributed by atoms with Crippen LogP contribution in [-0.2, 0) is 10.0 Å². The van der Waals surface area contributed by atoms with Crippen LogP contribution in [0.2, 0.25) is 0 Å². The number of aromatic nitrogens is 2. The van der Waals surface area contributed by atoms with Gasteiger partial charge in [-0.1, -0.05) is 18.2 Å². The molecule has 0 aliphatic heterocycles. The molecular weight excluding hydrogens is 236 g/mol. The Bertz CT molecular complexity index is 643. The monoisotopic (exact) mass is 250 g/mol. The van der Waals surface area contributed by atoms with Crippen LogP contribution in [0.3, 0.4) is 0 Å². The largest absolute Gasteiger partial charge is 0.269 e. The average molecular weight is 250 g/mol. The summed E-state index contributed by atoms with van der Waals surface area (Å²) in [6.07, 6.45) is 0. The molecule has 0 radical (unpaired) electrons. The molecule has 0 fully saturated rings. The second-order valence-electron chi connectivity index (χ2n) is 3.91. The molecule has 0 bridgehead atoms. The van der Waals surface area contributed by atoms with Gasteiger partial charge in [0.25, 0.3) is 10.0 Å². The van der Waals surface area contributed by atoms with E-state index in [0.717, 1.165) is 5.69 Å². The third kappa shape index (κ3) is 1.86.